The molecule has 7 heteroatoms. The zero-order valence-electron chi connectivity index (χ0n) is 35.3. The fraction of sp³-hybridized carbons (Fsp3) is 0.809. The molecule has 0 saturated heterocycles. The van der Waals surface area contributed by atoms with Crippen LogP contribution in [0.5, 0.6) is 0 Å². The van der Waals surface area contributed by atoms with Crippen molar-refractivity contribution in [3.63, 3.8) is 0 Å². The van der Waals surface area contributed by atoms with Crippen LogP contribution in [0.4, 0.5) is 0 Å². The topological polar surface area (TPSA) is 119 Å². The summed E-state index contributed by atoms with van der Waals surface area (Å²) < 4.78 is 6.03. The van der Waals surface area contributed by atoms with Crippen molar-refractivity contribution in [2.45, 2.75) is 238 Å². The third-order valence-electron chi connectivity index (χ3n) is 10.2. The standard InChI is InChI=1S/C47H86N2O5/c1-3-5-7-9-11-13-15-16-17-18-19-20-22-24-26-31-35-41-46(51)54-43(37-32-28-25-23-21-14-12-10-8-6-4-2)38-33-29-27-30-34-40-45(50)49-44(47(52)53)39-36-42-48/h12,14,16-17,23,25,43-44H,3-11,13,15,18-22,24,26-42,48H2,1-2H3,(H,49,50)(H,52,53)/b14-12-,17-16-,25-23-. The second-order valence-electron chi connectivity index (χ2n) is 15.5. The molecule has 0 fully saturated rings. The number of esters is 1. The summed E-state index contributed by atoms with van der Waals surface area (Å²) in [7, 11) is 0. The smallest absolute Gasteiger partial charge is 0.326 e. The lowest BCUT2D eigenvalue weighted by Gasteiger charge is -2.18. The number of hydrogen-bond acceptors (Lipinski definition) is 5. The van der Waals surface area contributed by atoms with E-state index in [1.165, 1.54) is 109 Å². The second kappa shape index (κ2) is 41.7. The number of nitrogens with two attached hydrogens (primary N) is 1. The number of amides is 1. The van der Waals surface area contributed by atoms with E-state index in [1.807, 2.05) is 0 Å². The van der Waals surface area contributed by atoms with Gasteiger partial charge in [0.1, 0.15) is 12.1 Å². The van der Waals surface area contributed by atoms with Gasteiger partial charge < -0.3 is 20.9 Å². The molecule has 0 aromatic heterocycles. The summed E-state index contributed by atoms with van der Waals surface area (Å²) in [6.45, 7) is 4.91. The van der Waals surface area contributed by atoms with Crippen LogP contribution < -0.4 is 11.1 Å². The fourth-order valence-corrected chi connectivity index (χ4v) is 6.72. The lowest BCUT2D eigenvalue weighted by atomic mass is 10.0. The number of unbranched alkanes of at least 4 members (excludes halogenated alkanes) is 21. The van der Waals surface area contributed by atoms with Crippen LogP contribution in [-0.4, -0.2) is 41.6 Å². The minimum Gasteiger partial charge on any atom is -0.480 e. The van der Waals surface area contributed by atoms with Crippen LogP contribution >= 0.6 is 0 Å². The Bertz CT molecular complexity index is 946. The Balaban J connectivity index is 4.32. The summed E-state index contributed by atoms with van der Waals surface area (Å²) >= 11 is 0. The van der Waals surface area contributed by atoms with Crippen molar-refractivity contribution in [2.75, 3.05) is 6.54 Å². The lowest BCUT2D eigenvalue weighted by Crippen LogP contribution is -2.40. The van der Waals surface area contributed by atoms with Gasteiger partial charge in [0.2, 0.25) is 5.91 Å². The van der Waals surface area contributed by atoms with Gasteiger partial charge in [-0.2, -0.15) is 0 Å². The molecule has 0 aliphatic rings. The molecule has 0 saturated carbocycles. The van der Waals surface area contributed by atoms with E-state index in [1.54, 1.807) is 0 Å². The van der Waals surface area contributed by atoms with Crippen LogP contribution in [0.3, 0.4) is 0 Å². The average Bonchev–Trinajstić information content (AvgIpc) is 3.16. The summed E-state index contributed by atoms with van der Waals surface area (Å²) in [6, 6.07) is -0.861. The predicted molar refractivity (Wildman–Crippen MR) is 230 cm³/mol. The second-order valence-corrected chi connectivity index (χ2v) is 15.5. The molecular weight excluding hydrogens is 673 g/mol. The van der Waals surface area contributed by atoms with E-state index in [4.69, 9.17) is 10.5 Å². The molecule has 0 bridgehead atoms. The highest BCUT2D eigenvalue weighted by molar-refractivity contribution is 5.83. The number of hydrogen-bond donors (Lipinski definition) is 3. The number of ether oxygens (including phenoxy) is 1. The molecule has 54 heavy (non-hydrogen) atoms. The Labute approximate surface area is 333 Å². The Morgan fingerprint density at radius 3 is 1.56 bits per heavy atom. The molecule has 4 N–H and O–H groups in total. The normalized spacial score (nSPS) is 12.9. The Morgan fingerprint density at radius 2 is 0.981 bits per heavy atom. The molecule has 0 radical (unpaired) electrons. The molecule has 0 aliphatic carbocycles. The summed E-state index contributed by atoms with van der Waals surface area (Å²) in [5, 5.41) is 11.9. The Kier molecular flexibility index (Phi) is 39.9. The molecule has 2 unspecified atom stereocenters. The molecule has 0 spiro atoms. The number of aliphatic carboxylic acids is 1. The van der Waals surface area contributed by atoms with Gasteiger partial charge >= 0.3 is 11.9 Å². The van der Waals surface area contributed by atoms with Gasteiger partial charge in [-0.1, -0.05) is 147 Å². The van der Waals surface area contributed by atoms with Crippen LogP contribution in [0.15, 0.2) is 36.5 Å². The minimum atomic E-state index is -1.01. The SMILES string of the molecule is CCCCC/C=C\C/C=C\CCCC(CCCCCCCC(=O)NC(CCCN)C(=O)O)OC(=O)CCCCCCCCC/C=C\CCCCCCCC. The van der Waals surface area contributed by atoms with Gasteiger partial charge in [-0.15, -0.1) is 0 Å². The molecule has 0 aromatic rings. The molecule has 1 amide bonds. The van der Waals surface area contributed by atoms with E-state index in [2.05, 4.69) is 55.6 Å². The number of nitrogens with one attached hydrogen (secondary N) is 1. The van der Waals surface area contributed by atoms with Crippen molar-refractivity contribution in [3.05, 3.63) is 36.5 Å². The summed E-state index contributed by atoms with van der Waals surface area (Å²) in [5.74, 6) is -1.26. The maximum absolute atomic E-state index is 12.8. The van der Waals surface area contributed by atoms with Crippen LogP contribution in [0.1, 0.15) is 226 Å². The molecular formula is C47H86N2O5. The van der Waals surface area contributed by atoms with Crippen molar-refractivity contribution in [2.24, 2.45) is 5.73 Å². The van der Waals surface area contributed by atoms with E-state index in [0.717, 1.165) is 77.0 Å². The van der Waals surface area contributed by atoms with Crippen molar-refractivity contribution >= 4 is 17.8 Å². The first-order valence-corrected chi connectivity index (χ1v) is 22.8. The first kappa shape index (κ1) is 51.6. The van der Waals surface area contributed by atoms with Crippen molar-refractivity contribution in [1.29, 1.82) is 0 Å². The first-order chi connectivity index (χ1) is 26.4. The van der Waals surface area contributed by atoms with Crippen molar-refractivity contribution in [1.82, 2.24) is 5.32 Å². The largest absolute Gasteiger partial charge is 0.480 e. The van der Waals surface area contributed by atoms with E-state index >= 15 is 0 Å². The van der Waals surface area contributed by atoms with Gasteiger partial charge in [0, 0.05) is 12.8 Å². The zero-order chi connectivity index (χ0) is 39.6. The van der Waals surface area contributed by atoms with E-state index in [-0.39, 0.29) is 18.0 Å². The van der Waals surface area contributed by atoms with Gasteiger partial charge in [-0.05, 0) is 109 Å². The molecule has 314 valence electrons. The maximum atomic E-state index is 12.8. The maximum Gasteiger partial charge on any atom is 0.326 e. The minimum absolute atomic E-state index is 0.0311. The number of carbonyl (C=O) groups excluding carboxylic acids is 2. The van der Waals surface area contributed by atoms with E-state index in [9.17, 15) is 19.5 Å². The average molecular weight is 759 g/mol. The highest BCUT2D eigenvalue weighted by Crippen LogP contribution is 2.18. The lowest BCUT2D eigenvalue weighted by molar-refractivity contribution is -0.150. The van der Waals surface area contributed by atoms with Gasteiger partial charge in [0.05, 0.1) is 0 Å². The predicted octanol–water partition coefficient (Wildman–Crippen LogP) is 13.0. The third kappa shape index (κ3) is 37.9. The van der Waals surface area contributed by atoms with Crippen LogP contribution in [0, 0.1) is 0 Å². The van der Waals surface area contributed by atoms with Crippen LogP contribution in [-0.2, 0) is 19.1 Å². The number of carboxylic acid groups (broad SMARTS) is 1. The van der Waals surface area contributed by atoms with Gasteiger partial charge in [-0.3, -0.25) is 9.59 Å². The molecule has 2 atom stereocenters. The van der Waals surface area contributed by atoms with Crippen LogP contribution in [0.2, 0.25) is 0 Å². The fourth-order valence-electron chi connectivity index (χ4n) is 6.72. The number of rotatable bonds is 41. The number of carboxylic acids is 1. The monoisotopic (exact) mass is 759 g/mol. The summed E-state index contributed by atoms with van der Waals surface area (Å²) in [6.07, 6.45) is 49.0. The quantitative estimate of drug-likeness (QED) is 0.0324. The number of allylic oxidation sites excluding steroid dienone is 6. The van der Waals surface area contributed by atoms with Crippen molar-refractivity contribution in [3.8, 4) is 0 Å². The summed E-state index contributed by atoms with van der Waals surface area (Å²) in [4.78, 5) is 36.4. The van der Waals surface area contributed by atoms with Gasteiger partial charge in [0.15, 0.2) is 0 Å². The van der Waals surface area contributed by atoms with Crippen LogP contribution in [0.25, 0.3) is 0 Å². The molecule has 0 aliphatic heterocycles. The van der Waals surface area contributed by atoms with Crippen molar-refractivity contribution < 1.29 is 24.2 Å². The highest BCUT2D eigenvalue weighted by atomic mass is 16.5. The Hall–Kier alpha value is -2.41. The zero-order valence-corrected chi connectivity index (χ0v) is 35.3. The molecule has 0 aromatic carbocycles. The molecule has 0 heterocycles. The highest BCUT2D eigenvalue weighted by Gasteiger charge is 2.19. The van der Waals surface area contributed by atoms with Gasteiger partial charge in [-0.25, -0.2) is 4.79 Å². The molecule has 0 rings (SSSR count). The third-order valence-corrected chi connectivity index (χ3v) is 10.2. The summed E-state index contributed by atoms with van der Waals surface area (Å²) in [5.41, 5.74) is 5.48. The van der Waals surface area contributed by atoms with E-state index < -0.39 is 12.0 Å². The Morgan fingerprint density at radius 1 is 0.537 bits per heavy atom. The number of carbonyl (C=O) groups is 3. The first-order valence-electron chi connectivity index (χ1n) is 22.8. The van der Waals surface area contributed by atoms with E-state index in [0.29, 0.717) is 32.2 Å². The molecule has 7 nitrogen and oxygen atoms in total. The van der Waals surface area contributed by atoms with Gasteiger partial charge in [0.25, 0.3) is 0 Å².